The van der Waals surface area contributed by atoms with Crippen LogP contribution in [0.25, 0.3) is 11.4 Å². The van der Waals surface area contributed by atoms with Crippen molar-refractivity contribution in [1.82, 2.24) is 9.97 Å². The third-order valence-electron chi connectivity index (χ3n) is 3.97. The molecule has 3 nitrogen and oxygen atoms in total. The minimum Gasteiger partial charge on any atom is -0.370 e. The molecule has 110 valence electrons. The molecule has 1 heterocycles. The maximum absolute atomic E-state index is 13.5. The van der Waals surface area contributed by atoms with Crippen molar-refractivity contribution in [2.45, 2.75) is 39.5 Å². The highest BCUT2D eigenvalue weighted by molar-refractivity contribution is 5.63. The highest BCUT2D eigenvalue weighted by atomic mass is 19.1. The van der Waals surface area contributed by atoms with E-state index in [0.29, 0.717) is 5.82 Å². The molecular weight excluding hydrogens is 265 g/mol. The van der Waals surface area contributed by atoms with Crippen LogP contribution in [0.4, 0.5) is 10.2 Å². The maximum atomic E-state index is 13.5. The van der Waals surface area contributed by atoms with Crippen molar-refractivity contribution in [2.75, 3.05) is 11.9 Å². The Labute approximate surface area is 124 Å². The molecule has 0 saturated heterocycles. The summed E-state index contributed by atoms with van der Waals surface area (Å²) >= 11 is 0. The molecule has 0 atom stereocenters. The first kappa shape index (κ1) is 14.0. The number of benzene rings is 1. The topological polar surface area (TPSA) is 37.8 Å². The van der Waals surface area contributed by atoms with Crippen molar-refractivity contribution in [2.24, 2.45) is 0 Å². The lowest BCUT2D eigenvalue weighted by Crippen LogP contribution is -2.13. The van der Waals surface area contributed by atoms with E-state index < -0.39 is 0 Å². The second-order valence-corrected chi connectivity index (χ2v) is 5.52. The zero-order chi connectivity index (χ0) is 14.8. The largest absolute Gasteiger partial charge is 0.370 e. The van der Waals surface area contributed by atoms with E-state index in [2.05, 4.69) is 17.2 Å². The molecule has 21 heavy (non-hydrogen) atoms. The number of hydrogen-bond acceptors (Lipinski definition) is 3. The zero-order valence-electron chi connectivity index (χ0n) is 12.5. The smallest absolute Gasteiger partial charge is 0.162 e. The van der Waals surface area contributed by atoms with Crippen LogP contribution in [0.3, 0.4) is 0 Å². The van der Waals surface area contributed by atoms with Crippen LogP contribution in [-0.2, 0) is 12.8 Å². The van der Waals surface area contributed by atoms with E-state index in [1.165, 1.54) is 24.1 Å². The van der Waals surface area contributed by atoms with Crippen LogP contribution in [0.5, 0.6) is 0 Å². The Bertz CT molecular complexity index is 667. The molecule has 1 aromatic heterocycles. The van der Waals surface area contributed by atoms with Gasteiger partial charge in [-0.25, -0.2) is 14.4 Å². The predicted molar refractivity (Wildman–Crippen MR) is 83.0 cm³/mol. The summed E-state index contributed by atoms with van der Waals surface area (Å²) in [6, 6.07) is 4.78. The van der Waals surface area contributed by atoms with Gasteiger partial charge in [0.15, 0.2) is 5.82 Å². The average Bonchev–Trinajstić information content (AvgIpc) is 2.50. The molecule has 1 aromatic carbocycles. The van der Waals surface area contributed by atoms with Crippen molar-refractivity contribution in [3.05, 3.63) is 40.8 Å². The molecule has 4 heteroatoms. The van der Waals surface area contributed by atoms with E-state index in [0.717, 1.165) is 48.4 Å². The van der Waals surface area contributed by atoms with Gasteiger partial charge in [0.05, 0.1) is 0 Å². The first-order chi connectivity index (χ1) is 10.2. The minimum absolute atomic E-state index is 0.248. The molecule has 0 fully saturated rings. The molecule has 1 aliphatic rings. The summed E-state index contributed by atoms with van der Waals surface area (Å²) < 4.78 is 13.5. The number of anilines is 1. The number of aryl methyl sites for hydroxylation is 2. The van der Waals surface area contributed by atoms with E-state index in [-0.39, 0.29) is 5.82 Å². The van der Waals surface area contributed by atoms with Gasteiger partial charge in [-0.2, -0.15) is 0 Å². The van der Waals surface area contributed by atoms with Crippen molar-refractivity contribution in [1.29, 1.82) is 0 Å². The summed E-state index contributed by atoms with van der Waals surface area (Å²) in [7, 11) is 0. The van der Waals surface area contributed by atoms with Gasteiger partial charge in [0, 0.05) is 23.4 Å². The van der Waals surface area contributed by atoms with Gasteiger partial charge in [0.2, 0.25) is 0 Å². The Balaban J connectivity index is 2.14. The maximum Gasteiger partial charge on any atom is 0.162 e. The van der Waals surface area contributed by atoms with Crippen LogP contribution in [-0.4, -0.2) is 16.5 Å². The van der Waals surface area contributed by atoms with E-state index in [1.54, 1.807) is 6.07 Å². The highest BCUT2D eigenvalue weighted by Gasteiger charge is 2.19. The first-order valence-corrected chi connectivity index (χ1v) is 7.59. The molecule has 1 aliphatic carbocycles. The lowest BCUT2D eigenvalue weighted by atomic mass is 9.96. The lowest BCUT2D eigenvalue weighted by Gasteiger charge is -2.20. The average molecular weight is 285 g/mol. The van der Waals surface area contributed by atoms with Crippen molar-refractivity contribution in [3.63, 3.8) is 0 Å². The lowest BCUT2D eigenvalue weighted by molar-refractivity contribution is 0.627. The normalized spacial score (nSPS) is 13.9. The number of halogens is 1. The number of nitrogens with one attached hydrogen (secondary N) is 1. The van der Waals surface area contributed by atoms with E-state index >= 15 is 0 Å². The molecular formula is C17H20FN3. The molecule has 3 rings (SSSR count). The van der Waals surface area contributed by atoms with Crippen LogP contribution in [0, 0.1) is 12.7 Å². The van der Waals surface area contributed by atoms with Gasteiger partial charge in [-0.3, -0.25) is 0 Å². The monoisotopic (exact) mass is 285 g/mol. The van der Waals surface area contributed by atoms with Gasteiger partial charge < -0.3 is 5.32 Å². The van der Waals surface area contributed by atoms with Crippen LogP contribution >= 0.6 is 0 Å². The molecule has 0 amide bonds. The van der Waals surface area contributed by atoms with Crippen LogP contribution in [0.1, 0.15) is 36.6 Å². The number of aromatic nitrogens is 2. The van der Waals surface area contributed by atoms with Gasteiger partial charge in [-0.05, 0) is 57.2 Å². The summed E-state index contributed by atoms with van der Waals surface area (Å²) in [5.41, 5.74) is 4.13. The zero-order valence-corrected chi connectivity index (χ0v) is 12.5. The molecule has 1 N–H and O–H groups in total. The summed E-state index contributed by atoms with van der Waals surface area (Å²) in [6.45, 7) is 4.85. The third kappa shape index (κ3) is 2.75. The van der Waals surface area contributed by atoms with Crippen LogP contribution < -0.4 is 5.32 Å². The summed E-state index contributed by atoms with van der Waals surface area (Å²) in [4.78, 5) is 9.37. The molecule has 0 bridgehead atoms. The third-order valence-corrected chi connectivity index (χ3v) is 3.97. The minimum atomic E-state index is -0.248. The standard InChI is InChI=1S/C17H20FN3/c1-3-19-16-13-6-4-5-7-15(13)20-17(21-16)14-10-12(18)9-8-11(14)2/h8-10H,3-7H2,1-2H3,(H,19,20,21). The van der Waals surface area contributed by atoms with Crippen molar-refractivity contribution < 1.29 is 4.39 Å². The fourth-order valence-corrected chi connectivity index (χ4v) is 2.86. The Hall–Kier alpha value is -1.97. The molecule has 0 spiro atoms. The van der Waals surface area contributed by atoms with Crippen LogP contribution in [0.15, 0.2) is 18.2 Å². The van der Waals surface area contributed by atoms with E-state index in [1.807, 2.05) is 6.92 Å². The predicted octanol–water partition coefficient (Wildman–Crippen LogP) is 3.90. The van der Waals surface area contributed by atoms with Crippen molar-refractivity contribution in [3.8, 4) is 11.4 Å². The van der Waals surface area contributed by atoms with E-state index in [9.17, 15) is 4.39 Å². The van der Waals surface area contributed by atoms with Gasteiger partial charge in [0.1, 0.15) is 11.6 Å². The Morgan fingerprint density at radius 1 is 1.19 bits per heavy atom. The number of hydrogen-bond donors (Lipinski definition) is 1. The number of fused-ring (bicyclic) bond motifs is 1. The molecule has 0 unspecified atom stereocenters. The molecule has 0 aliphatic heterocycles. The fraction of sp³-hybridized carbons (Fsp3) is 0.412. The van der Waals surface area contributed by atoms with Gasteiger partial charge in [-0.1, -0.05) is 6.07 Å². The van der Waals surface area contributed by atoms with E-state index in [4.69, 9.17) is 4.98 Å². The van der Waals surface area contributed by atoms with Gasteiger partial charge >= 0.3 is 0 Å². The van der Waals surface area contributed by atoms with Crippen LogP contribution in [0.2, 0.25) is 0 Å². The van der Waals surface area contributed by atoms with Gasteiger partial charge in [0.25, 0.3) is 0 Å². The molecule has 0 saturated carbocycles. The second kappa shape index (κ2) is 5.80. The molecule has 0 radical (unpaired) electrons. The van der Waals surface area contributed by atoms with Crippen molar-refractivity contribution >= 4 is 5.82 Å². The summed E-state index contributed by atoms with van der Waals surface area (Å²) in [6.07, 6.45) is 4.36. The SMILES string of the molecule is CCNc1nc(-c2cc(F)ccc2C)nc2c1CCCC2. The fourth-order valence-electron chi connectivity index (χ4n) is 2.86. The summed E-state index contributed by atoms with van der Waals surface area (Å²) in [5, 5.41) is 3.34. The Morgan fingerprint density at radius 3 is 2.81 bits per heavy atom. The first-order valence-electron chi connectivity index (χ1n) is 7.59. The number of rotatable bonds is 3. The molecule has 2 aromatic rings. The highest BCUT2D eigenvalue weighted by Crippen LogP contribution is 2.29. The number of nitrogens with zero attached hydrogens (tertiary/aromatic N) is 2. The second-order valence-electron chi connectivity index (χ2n) is 5.52. The van der Waals surface area contributed by atoms with Gasteiger partial charge in [-0.15, -0.1) is 0 Å². The Kier molecular flexibility index (Phi) is 3.86. The quantitative estimate of drug-likeness (QED) is 0.929. The Morgan fingerprint density at radius 2 is 2.00 bits per heavy atom. The summed E-state index contributed by atoms with van der Waals surface area (Å²) in [5.74, 6) is 1.30.